The highest BCUT2D eigenvalue weighted by molar-refractivity contribution is 4.93. The van der Waals surface area contributed by atoms with Gasteiger partial charge in [0.1, 0.15) is 0 Å². The van der Waals surface area contributed by atoms with Crippen molar-refractivity contribution < 1.29 is 5.11 Å². The first-order chi connectivity index (χ1) is 6.81. The van der Waals surface area contributed by atoms with Crippen molar-refractivity contribution in [3.05, 3.63) is 37.1 Å². The van der Waals surface area contributed by atoms with Gasteiger partial charge in [-0.1, -0.05) is 37.8 Å². The van der Waals surface area contributed by atoms with Crippen molar-refractivity contribution in [1.29, 1.82) is 0 Å². The molecule has 80 valence electrons. The Bertz CT molecular complexity index is 185. The molecular weight excluding hydrogens is 174 g/mol. The van der Waals surface area contributed by atoms with Gasteiger partial charge in [0.05, 0.1) is 6.10 Å². The van der Waals surface area contributed by atoms with E-state index >= 15 is 0 Å². The molecule has 0 fully saturated rings. The van der Waals surface area contributed by atoms with Crippen molar-refractivity contribution in [3.8, 4) is 0 Å². The summed E-state index contributed by atoms with van der Waals surface area (Å²) < 4.78 is 0. The number of aliphatic hydroxyl groups is 1. The van der Waals surface area contributed by atoms with Crippen LogP contribution in [0, 0.1) is 0 Å². The average molecular weight is 195 g/mol. The van der Waals surface area contributed by atoms with Gasteiger partial charge in [0, 0.05) is 6.54 Å². The molecule has 0 rings (SSSR count). The minimum atomic E-state index is -0.320. The first-order valence-electron chi connectivity index (χ1n) is 5.13. The van der Waals surface area contributed by atoms with E-state index in [1.165, 1.54) is 0 Å². The van der Waals surface area contributed by atoms with Crippen LogP contribution in [0.1, 0.15) is 26.2 Å². The fraction of sp³-hybridized carbons (Fsp3) is 0.500. The van der Waals surface area contributed by atoms with Gasteiger partial charge >= 0.3 is 0 Å². The molecule has 0 aliphatic heterocycles. The maximum Gasteiger partial charge on any atom is 0.0746 e. The minimum absolute atomic E-state index is 0.320. The molecule has 0 heterocycles. The number of hydrogen-bond donors (Lipinski definition) is 2. The zero-order chi connectivity index (χ0) is 10.6. The second-order valence-corrected chi connectivity index (χ2v) is 3.09. The third-order valence-electron chi connectivity index (χ3n) is 1.75. The minimum Gasteiger partial charge on any atom is -0.391 e. The number of aliphatic hydroxyl groups excluding tert-OH is 1. The SMILES string of the molecule is C=CNC[C@@H](O)C/C=C\C/C=C\CC. The highest BCUT2D eigenvalue weighted by atomic mass is 16.3. The molecule has 0 radical (unpaired) electrons. The van der Waals surface area contributed by atoms with E-state index in [1.54, 1.807) is 6.20 Å². The molecule has 0 unspecified atom stereocenters. The third-order valence-corrected chi connectivity index (χ3v) is 1.75. The smallest absolute Gasteiger partial charge is 0.0746 e. The van der Waals surface area contributed by atoms with Gasteiger partial charge in [-0.15, -0.1) is 0 Å². The molecule has 0 aromatic rings. The van der Waals surface area contributed by atoms with Gasteiger partial charge in [-0.05, 0) is 25.5 Å². The Morgan fingerprint density at radius 1 is 1.29 bits per heavy atom. The molecule has 0 spiro atoms. The monoisotopic (exact) mass is 195 g/mol. The summed E-state index contributed by atoms with van der Waals surface area (Å²) in [7, 11) is 0. The number of allylic oxidation sites excluding steroid dienone is 3. The van der Waals surface area contributed by atoms with Crippen LogP contribution in [0.25, 0.3) is 0 Å². The van der Waals surface area contributed by atoms with Gasteiger partial charge in [-0.2, -0.15) is 0 Å². The lowest BCUT2D eigenvalue weighted by atomic mass is 10.2. The van der Waals surface area contributed by atoms with E-state index in [0.29, 0.717) is 13.0 Å². The van der Waals surface area contributed by atoms with E-state index in [4.69, 9.17) is 0 Å². The van der Waals surface area contributed by atoms with Crippen molar-refractivity contribution in [2.24, 2.45) is 0 Å². The topological polar surface area (TPSA) is 32.3 Å². The Balaban J connectivity index is 3.40. The van der Waals surface area contributed by atoms with Crippen molar-refractivity contribution in [1.82, 2.24) is 5.32 Å². The number of rotatable bonds is 8. The van der Waals surface area contributed by atoms with Crippen LogP contribution in [0.5, 0.6) is 0 Å². The highest BCUT2D eigenvalue weighted by Gasteiger charge is 1.97. The van der Waals surface area contributed by atoms with E-state index in [-0.39, 0.29) is 6.10 Å². The maximum absolute atomic E-state index is 9.40. The van der Waals surface area contributed by atoms with Crippen LogP contribution in [0.15, 0.2) is 37.1 Å². The van der Waals surface area contributed by atoms with Crippen LogP contribution in [-0.4, -0.2) is 17.8 Å². The molecule has 2 N–H and O–H groups in total. The molecule has 0 aliphatic rings. The molecule has 14 heavy (non-hydrogen) atoms. The van der Waals surface area contributed by atoms with Crippen LogP contribution < -0.4 is 5.32 Å². The van der Waals surface area contributed by atoms with Gasteiger partial charge < -0.3 is 10.4 Å². The summed E-state index contributed by atoms with van der Waals surface area (Å²) in [5, 5.41) is 12.3. The van der Waals surface area contributed by atoms with Gasteiger partial charge in [-0.25, -0.2) is 0 Å². The predicted molar refractivity (Wildman–Crippen MR) is 62.0 cm³/mol. The Hall–Kier alpha value is -1.02. The summed E-state index contributed by atoms with van der Waals surface area (Å²) in [6.45, 7) is 6.20. The van der Waals surface area contributed by atoms with E-state index in [1.807, 2.05) is 6.08 Å². The van der Waals surface area contributed by atoms with E-state index in [9.17, 15) is 5.11 Å². The second-order valence-electron chi connectivity index (χ2n) is 3.09. The molecule has 2 heteroatoms. The molecule has 0 bridgehead atoms. The lowest BCUT2D eigenvalue weighted by Crippen LogP contribution is -2.21. The number of nitrogens with one attached hydrogen (secondary N) is 1. The van der Waals surface area contributed by atoms with Crippen LogP contribution in [0.3, 0.4) is 0 Å². The van der Waals surface area contributed by atoms with Crippen LogP contribution in [0.4, 0.5) is 0 Å². The van der Waals surface area contributed by atoms with Crippen LogP contribution in [-0.2, 0) is 0 Å². The fourth-order valence-electron chi connectivity index (χ4n) is 0.994. The van der Waals surface area contributed by atoms with Gasteiger partial charge in [0.25, 0.3) is 0 Å². The summed E-state index contributed by atoms with van der Waals surface area (Å²) in [4.78, 5) is 0. The zero-order valence-corrected chi connectivity index (χ0v) is 8.95. The lowest BCUT2D eigenvalue weighted by molar-refractivity contribution is 0.179. The summed E-state index contributed by atoms with van der Waals surface area (Å²) in [6, 6.07) is 0. The quantitative estimate of drug-likeness (QED) is 0.583. The Kier molecular flexibility index (Phi) is 9.33. The zero-order valence-electron chi connectivity index (χ0n) is 8.95. The largest absolute Gasteiger partial charge is 0.391 e. The Labute approximate surface area is 87.0 Å². The summed E-state index contributed by atoms with van der Waals surface area (Å²) >= 11 is 0. The van der Waals surface area contributed by atoms with E-state index in [2.05, 4.69) is 37.0 Å². The van der Waals surface area contributed by atoms with Crippen molar-refractivity contribution in [3.63, 3.8) is 0 Å². The normalized spacial score (nSPS) is 13.6. The standard InChI is InChI=1S/C12H21NO/c1-3-5-6-7-8-9-10-12(14)11-13-4-2/h4-6,8-9,12-14H,2-3,7,10-11H2,1H3/b6-5-,9-8-/t12-/m0/s1. The molecule has 0 saturated heterocycles. The molecule has 0 aromatic carbocycles. The lowest BCUT2D eigenvalue weighted by Gasteiger charge is -2.06. The molecule has 0 aliphatic carbocycles. The Morgan fingerprint density at radius 2 is 2.00 bits per heavy atom. The van der Waals surface area contributed by atoms with E-state index in [0.717, 1.165) is 12.8 Å². The molecule has 0 saturated carbocycles. The van der Waals surface area contributed by atoms with Gasteiger partial charge in [0.15, 0.2) is 0 Å². The Morgan fingerprint density at radius 3 is 2.64 bits per heavy atom. The number of hydrogen-bond acceptors (Lipinski definition) is 2. The van der Waals surface area contributed by atoms with E-state index < -0.39 is 0 Å². The van der Waals surface area contributed by atoms with Crippen molar-refractivity contribution in [2.75, 3.05) is 6.54 Å². The van der Waals surface area contributed by atoms with Crippen LogP contribution >= 0.6 is 0 Å². The fourth-order valence-corrected chi connectivity index (χ4v) is 0.994. The highest BCUT2D eigenvalue weighted by Crippen LogP contribution is 1.95. The molecule has 2 nitrogen and oxygen atoms in total. The van der Waals surface area contributed by atoms with Gasteiger partial charge in [-0.3, -0.25) is 0 Å². The first kappa shape index (κ1) is 13.0. The summed E-state index contributed by atoms with van der Waals surface area (Å²) in [5.74, 6) is 0. The second kappa shape index (κ2) is 10.1. The van der Waals surface area contributed by atoms with Crippen molar-refractivity contribution >= 4 is 0 Å². The van der Waals surface area contributed by atoms with Crippen molar-refractivity contribution in [2.45, 2.75) is 32.3 Å². The average Bonchev–Trinajstić information content (AvgIpc) is 2.20. The molecule has 1 atom stereocenters. The molecule has 0 amide bonds. The first-order valence-corrected chi connectivity index (χ1v) is 5.13. The molecular formula is C12H21NO. The molecule has 0 aromatic heterocycles. The third kappa shape index (κ3) is 9.07. The predicted octanol–water partition coefficient (Wildman–Crippen LogP) is 2.38. The summed E-state index contributed by atoms with van der Waals surface area (Å²) in [6.07, 6.45) is 12.4. The van der Waals surface area contributed by atoms with Crippen LogP contribution in [0.2, 0.25) is 0 Å². The summed E-state index contributed by atoms with van der Waals surface area (Å²) in [5.41, 5.74) is 0. The maximum atomic E-state index is 9.40. The van der Waals surface area contributed by atoms with Gasteiger partial charge in [0.2, 0.25) is 0 Å².